The molecule has 1 heterocycles. The summed E-state index contributed by atoms with van der Waals surface area (Å²) in [5.41, 5.74) is 2.38. The molecule has 1 fully saturated rings. The summed E-state index contributed by atoms with van der Waals surface area (Å²) in [6, 6.07) is 14.8. The van der Waals surface area contributed by atoms with Crippen LogP contribution in [0, 0.1) is 6.92 Å². The Bertz CT molecular complexity index is 905. The molecule has 6 nitrogen and oxygen atoms in total. The molecule has 150 valence electrons. The molecule has 1 aliphatic rings. The third-order valence-electron chi connectivity index (χ3n) is 4.79. The Hall–Kier alpha value is -2.16. The van der Waals surface area contributed by atoms with Crippen LogP contribution < -0.4 is 10.1 Å². The lowest BCUT2D eigenvalue weighted by Crippen LogP contribution is -2.52. The Morgan fingerprint density at radius 1 is 1.04 bits per heavy atom. The lowest BCUT2D eigenvalue weighted by Gasteiger charge is -2.35. The van der Waals surface area contributed by atoms with Crippen molar-refractivity contribution in [3.8, 4) is 5.75 Å². The summed E-state index contributed by atoms with van der Waals surface area (Å²) in [4.78, 5) is 2.30. The molecule has 2 aromatic carbocycles. The van der Waals surface area contributed by atoms with Gasteiger partial charge in [0.2, 0.25) is 10.0 Å². The summed E-state index contributed by atoms with van der Waals surface area (Å²) in [7, 11) is -1.95. The summed E-state index contributed by atoms with van der Waals surface area (Å²) >= 11 is 5.49. The molecule has 28 heavy (non-hydrogen) atoms. The van der Waals surface area contributed by atoms with Crippen molar-refractivity contribution in [3.63, 3.8) is 0 Å². The molecule has 0 aromatic heterocycles. The van der Waals surface area contributed by atoms with Crippen LogP contribution >= 0.6 is 12.2 Å². The van der Waals surface area contributed by atoms with E-state index in [-0.39, 0.29) is 4.90 Å². The predicted molar refractivity (Wildman–Crippen MR) is 114 cm³/mol. The van der Waals surface area contributed by atoms with Gasteiger partial charge in [-0.15, -0.1) is 0 Å². The molecule has 0 amide bonds. The number of sulfonamides is 1. The molecule has 0 unspecified atom stereocenters. The van der Waals surface area contributed by atoms with E-state index in [0.717, 1.165) is 5.56 Å². The minimum absolute atomic E-state index is 0.279. The SMILES string of the molecule is COc1ccc(S(=O)(=O)N2CCN(C(=S)NCc3ccc(C)cc3)CC2)cc1. The number of thiocarbonyl (C=S) groups is 1. The zero-order valence-corrected chi connectivity index (χ0v) is 17.7. The maximum Gasteiger partial charge on any atom is 0.243 e. The molecule has 0 saturated carbocycles. The Balaban J connectivity index is 1.54. The maximum atomic E-state index is 12.8. The van der Waals surface area contributed by atoms with Crippen molar-refractivity contribution >= 4 is 27.4 Å². The monoisotopic (exact) mass is 419 g/mol. The number of aryl methyl sites for hydroxylation is 1. The first-order valence-corrected chi connectivity index (χ1v) is 11.0. The van der Waals surface area contributed by atoms with Crippen LogP contribution in [0.5, 0.6) is 5.75 Å². The van der Waals surface area contributed by atoms with E-state index in [1.807, 2.05) is 4.90 Å². The van der Waals surface area contributed by atoms with Crippen molar-refractivity contribution in [1.29, 1.82) is 0 Å². The molecule has 0 atom stereocenters. The molecular formula is C20H25N3O3S2. The highest BCUT2D eigenvalue weighted by Crippen LogP contribution is 2.20. The van der Waals surface area contributed by atoms with Gasteiger partial charge in [0, 0.05) is 32.7 Å². The van der Waals surface area contributed by atoms with Crippen molar-refractivity contribution in [2.75, 3.05) is 33.3 Å². The van der Waals surface area contributed by atoms with Crippen LogP contribution in [0.1, 0.15) is 11.1 Å². The zero-order valence-electron chi connectivity index (χ0n) is 16.1. The van der Waals surface area contributed by atoms with E-state index in [1.54, 1.807) is 31.4 Å². The molecule has 0 aliphatic carbocycles. The van der Waals surface area contributed by atoms with E-state index >= 15 is 0 Å². The molecule has 3 rings (SSSR count). The van der Waals surface area contributed by atoms with Gasteiger partial charge in [-0.25, -0.2) is 8.42 Å². The van der Waals surface area contributed by atoms with Gasteiger partial charge in [0.25, 0.3) is 0 Å². The second kappa shape index (κ2) is 8.89. The number of benzene rings is 2. The van der Waals surface area contributed by atoms with Crippen LogP contribution in [-0.2, 0) is 16.6 Å². The number of ether oxygens (including phenoxy) is 1. The number of hydrogen-bond donors (Lipinski definition) is 1. The highest BCUT2D eigenvalue weighted by Gasteiger charge is 2.29. The first-order valence-electron chi connectivity index (χ1n) is 9.12. The molecular weight excluding hydrogens is 394 g/mol. The topological polar surface area (TPSA) is 61.9 Å². The summed E-state index contributed by atoms with van der Waals surface area (Å²) in [6.45, 7) is 4.65. The van der Waals surface area contributed by atoms with Gasteiger partial charge in [0.15, 0.2) is 5.11 Å². The average molecular weight is 420 g/mol. The first kappa shape index (κ1) is 20.6. The van der Waals surface area contributed by atoms with E-state index < -0.39 is 10.0 Å². The van der Waals surface area contributed by atoms with Crippen LogP contribution in [0.4, 0.5) is 0 Å². The van der Waals surface area contributed by atoms with Gasteiger partial charge in [-0.3, -0.25) is 0 Å². The van der Waals surface area contributed by atoms with Crippen molar-refractivity contribution in [1.82, 2.24) is 14.5 Å². The fourth-order valence-corrected chi connectivity index (χ4v) is 4.70. The second-order valence-electron chi connectivity index (χ2n) is 6.71. The van der Waals surface area contributed by atoms with Gasteiger partial charge >= 0.3 is 0 Å². The predicted octanol–water partition coefficient (Wildman–Crippen LogP) is 2.38. The smallest absolute Gasteiger partial charge is 0.243 e. The van der Waals surface area contributed by atoms with E-state index in [4.69, 9.17) is 17.0 Å². The Morgan fingerprint density at radius 2 is 1.64 bits per heavy atom. The van der Waals surface area contributed by atoms with Crippen LogP contribution in [-0.4, -0.2) is 56.0 Å². The molecule has 0 spiro atoms. The van der Waals surface area contributed by atoms with Crippen molar-refractivity contribution in [2.45, 2.75) is 18.4 Å². The average Bonchev–Trinajstić information content (AvgIpc) is 2.73. The number of methoxy groups -OCH3 is 1. The maximum absolute atomic E-state index is 12.8. The largest absolute Gasteiger partial charge is 0.497 e. The van der Waals surface area contributed by atoms with E-state index in [2.05, 4.69) is 36.5 Å². The molecule has 1 N–H and O–H groups in total. The summed E-state index contributed by atoms with van der Waals surface area (Å²) in [6.07, 6.45) is 0. The summed E-state index contributed by atoms with van der Waals surface area (Å²) in [5, 5.41) is 3.92. The Morgan fingerprint density at radius 3 is 2.21 bits per heavy atom. The van der Waals surface area contributed by atoms with Crippen LogP contribution in [0.3, 0.4) is 0 Å². The molecule has 2 aromatic rings. The number of piperazine rings is 1. The highest BCUT2D eigenvalue weighted by molar-refractivity contribution is 7.89. The third-order valence-corrected chi connectivity index (χ3v) is 7.10. The second-order valence-corrected chi connectivity index (χ2v) is 9.04. The molecule has 0 radical (unpaired) electrons. The molecule has 1 aliphatic heterocycles. The summed E-state index contributed by atoms with van der Waals surface area (Å²) in [5.74, 6) is 0.633. The van der Waals surface area contributed by atoms with E-state index in [0.29, 0.717) is 43.6 Å². The number of nitrogens with zero attached hydrogens (tertiary/aromatic N) is 2. The number of hydrogen-bond acceptors (Lipinski definition) is 4. The molecule has 0 bridgehead atoms. The van der Waals surface area contributed by atoms with E-state index in [9.17, 15) is 8.42 Å². The Kier molecular flexibility index (Phi) is 6.53. The quantitative estimate of drug-likeness (QED) is 0.751. The molecule has 1 saturated heterocycles. The minimum atomic E-state index is -3.51. The van der Waals surface area contributed by atoms with Gasteiger partial charge < -0.3 is 15.0 Å². The summed E-state index contributed by atoms with van der Waals surface area (Å²) < 4.78 is 32.2. The number of nitrogens with one attached hydrogen (secondary N) is 1. The standard InChI is InChI=1S/C20H25N3O3S2/c1-16-3-5-17(6-4-16)15-21-20(27)22-11-13-23(14-12-22)28(24,25)19-9-7-18(26-2)8-10-19/h3-10H,11-15H2,1-2H3,(H,21,27). The van der Waals surface area contributed by atoms with Gasteiger partial charge in [-0.05, 0) is 49.0 Å². The minimum Gasteiger partial charge on any atom is -0.497 e. The normalized spacial score (nSPS) is 15.3. The lowest BCUT2D eigenvalue weighted by molar-refractivity contribution is 0.264. The zero-order chi connectivity index (χ0) is 20.1. The first-order chi connectivity index (χ1) is 13.4. The fourth-order valence-electron chi connectivity index (χ4n) is 3.02. The van der Waals surface area contributed by atoms with Gasteiger partial charge in [0.1, 0.15) is 5.75 Å². The van der Waals surface area contributed by atoms with Gasteiger partial charge in [-0.1, -0.05) is 29.8 Å². The van der Waals surface area contributed by atoms with E-state index in [1.165, 1.54) is 9.87 Å². The van der Waals surface area contributed by atoms with Crippen LogP contribution in [0.15, 0.2) is 53.4 Å². The van der Waals surface area contributed by atoms with Gasteiger partial charge in [0.05, 0.1) is 12.0 Å². The van der Waals surface area contributed by atoms with Crippen molar-refractivity contribution < 1.29 is 13.2 Å². The third kappa shape index (κ3) is 4.81. The van der Waals surface area contributed by atoms with Gasteiger partial charge in [-0.2, -0.15) is 4.31 Å². The van der Waals surface area contributed by atoms with Crippen molar-refractivity contribution in [2.24, 2.45) is 0 Å². The molecule has 8 heteroatoms. The van der Waals surface area contributed by atoms with Crippen LogP contribution in [0.2, 0.25) is 0 Å². The fraction of sp³-hybridized carbons (Fsp3) is 0.350. The Labute approximate surface area is 172 Å². The van der Waals surface area contributed by atoms with Crippen LogP contribution in [0.25, 0.3) is 0 Å². The van der Waals surface area contributed by atoms with Crippen molar-refractivity contribution in [3.05, 3.63) is 59.7 Å². The lowest BCUT2D eigenvalue weighted by atomic mass is 10.1. The number of rotatable bonds is 5. The highest BCUT2D eigenvalue weighted by atomic mass is 32.2.